The predicted molar refractivity (Wildman–Crippen MR) is 76.6 cm³/mol. The van der Waals surface area contributed by atoms with E-state index in [0.717, 1.165) is 11.1 Å². The van der Waals surface area contributed by atoms with Crippen LogP contribution in [0.1, 0.15) is 11.1 Å². The van der Waals surface area contributed by atoms with Gasteiger partial charge in [0.2, 0.25) is 5.78 Å². The monoisotopic (exact) mass is 296 g/mol. The molecular weight excluding hydrogens is 284 g/mol. The van der Waals surface area contributed by atoms with E-state index in [0.29, 0.717) is 17.9 Å². The highest BCUT2D eigenvalue weighted by atomic mass is 16.5. The van der Waals surface area contributed by atoms with Crippen LogP contribution in [0.4, 0.5) is 0 Å². The summed E-state index contributed by atoms with van der Waals surface area (Å²) in [7, 11) is 0. The van der Waals surface area contributed by atoms with Crippen molar-refractivity contribution in [2.45, 2.75) is 12.8 Å². The van der Waals surface area contributed by atoms with Crippen molar-refractivity contribution in [1.29, 1.82) is 0 Å². The predicted octanol–water partition coefficient (Wildman–Crippen LogP) is 1.87. The number of benzene rings is 2. The van der Waals surface area contributed by atoms with E-state index in [2.05, 4.69) is 0 Å². The molecule has 2 aromatic carbocycles. The molecule has 4 rings (SSSR count). The first kappa shape index (κ1) is 14.0. The summed E-state index contributed by atoms with van der Waals surface area (Å²) in [6, 6.07) is 14.5. The molecule has 2 heterocycles. The van der Waals surface area contributed by atoms with Gasteiger partial charge < -0.3 is 9.47 Å². The van der Waals surface area contributed by atoms with Crippen molar-refractivity contribution in [1.82, 2.24) is 0 Å². The van der Waals surface area contributed by atoms with E-state index in [1.54, 1.807) is 24.3 Å². The summed E-state index contributed by atoms with van der Waals surface area (Å²) < 4.78 is 9.62. The van der Waals surface area contributed by atoms with E-state index in [1.165, 1.54) is 0 Å². The molecule has 2 aliphatic heterocycles. The van der Waals surface area contributed by atoms with Crippen molar-refractivity contribution in [2.24, 2.45) is 0 Å². The Hall–Kier alpha value is -2.95. The number of hydrogen-bond donors (Lipinski definition) is 0. The van der Waals surface area contributed by atoms with Crippen LogP contribution in [0.2, 0.25) is 0 Å². The van der Waals surface area contributed by atoms with E-state index in [-0.39, 0.29) is 12.4 Å². The highest BCUT2D eigenvalue weighted by Crippen LogP contribution is 2.24. The number of hydrogen-bond acceptors (Lipinski definition) is 5. The first-order valence-corrected chi connectivity index (χ1v) is 6.75. The number of carbonyl (C=O) groups excluding carboxylic acids is 3. The summed E-state index contributed by atoms with van der Waals surface area (Å²) in [5, 5.41) is 0. The minimum Gasteiger partial charge on any atom is -0.426 e. The van der Waals surface area contributed by atoms with Crippen molar-refractivity contribution in [2.75, 3.05) is 0 Å². The fourth-order valence-corrected chi connectivity index (χ4v) is 2.22. The number of ether oxygens (including phenoxy) is 2. The number of carbonyl (C=O) groups is 3. The second kappa shape index (κ2) is 5.81. The van der Waals surface area contributed by atoms with Gasteiger partial charge in [0.05, 0.1) is 6.42 Å². The lowest BCUT2D eigenvalue weighted by Crippen LogP contribution is -2.27. The van der Waals surface area contributed by atoms with E-state index < -0.39 is 11.8 Å². The second-order valence-corrected chi connectivity index (χ2v) is 4.86. The molecule has 0 amide bonds. The summed E-state index contributed by atoms with van der Waals surface area (Å²) in [6.45, 7) is 0. The molecule has 0 saturated carbocycles. The zero-order chi connectivity index (χ0) is 15.5. The minimum atomic E-state index is -0.756. The molecule has 0 atom stereocenters. The normalized spacial score (nSPS) is 15.0. The van der Waals surface area contributed by atoms with Crippen LogP contribution in [0.5, 0.6) is 11.5 Å². The molecule has 5 heteroatoms. The third-order valence-corrected chi connectivity index (χ3v) is 3.29. The summed E-state index contributed by atoms with van der Waals surface area (Å²) in [5.74, 6) is -0.168. The average Bonchev–Trinajstić information content (AvgIpc) is 2.89. The van der Waals surface area contributed by atoms with Gasteiger partial charge in [-0.05, 0) is 12.1 Å². The van der Waals surface area contributed by atoms with Gasteiger partial charge in [-0.2, -0.15) is 0 Å². The standard InChI is InChI=1S/C9H6O3.C8H6O2/c10-7-5-6-3-1-2-4-8(6)12-9(7)11;9-8-5-6-3-1-2-4-7(6)10-8/h1-4H,5H2;1-4H,5H2. The quantitative estimate of drug-likeness (QED) is 0.421. The number of fused-ring (bicyclic) bond motifs is 2. The van der Waals surface area contributed by atoms with Crippen LogP contribution in [0.25, 0.3) is 0 Å². The summed E-state index contributed by atoms with van der Waals surface area (Å²) >= 11 is 0. The average molecular weight is 296 g/mol. The maximum Gasteiger partial charge on any atom is 0.380 e. The smallest absolute Gasteiger partial charge is 0.380 e. The van der Waals surface area contributed by atoms with Gasteiger partial charge in [0.1, 0.15) is 11.5 Å². The Morgan fingerprint density at radius 1 is 0.682 bits per heavy atom. The Morgan fingerprint density at radius 2 is 1.23 bits per heavy atom. The van der Waals surface area contributed by atoms with Gasteiger partial charge in [-0.1, -0.05) is 36.4 Å². The van der Waals surface area contributed by atoms with E-state index >= 15 is 0 Å². The summed E-state index contributed by atoms with van der Waals surface area (Å²) in [5.41, 5.74) is 1.77. The van der Waals surface area contributed by atoms with Crippen LogP contribution >= 0.6 is 0 Å². The van der Waals surface area contributed by atoms with Gasteiger partial charge in [-0.3, -0.25) is 9.59 Å². The molecule has 110 valence electrons. The molecule has 0 unspecified atom stereocenters. The van der Waals surface area contributed by atoms with E-state index in [9.17, 15) is 14.4 Å². The molecular formula is C17H12O5. The fourth-order valence-electron chi connectivity index (χ4n) is 2.22. The van der Waals surface area contributed by atoms with Crippen LogP contribution in [0, 0.1) is 0 Å². The molecule has 0 bridgehead atoms. The Kier molecular flexibility index (Phi) is 3.70. The van der Waals surface area contributed by atoms with Gasteiger partial charge >= 0.3 is 11.9 Å². The third kappa shape index (κ3) is 2.88. The topological polar surface area (TPSA) is 69.7 Å². The highest BCUT2D eigenvalue weighted by Gasteiger charge is 2.24. The molecule has 0 saturated heterocycles. The summed E-state index contributed by atoms with van der Waals surface area (Å²) in [6.07, 6.45) is 0.588. The van der Waals surface area contributed by atoms with E-state index in [1.807, 2.05) is 24.3 Å². The summed E-state index contributed by atoms with van der Waals surface area (Å²) in [4.78, 5) is 32.3. The lowest BCUT2D eigenvalue weighted by molar-refractivity contribution is -0.147. The van der Waals surface area contributed by atoms with Gasteiger partial charge in [0, 0.05) is 17.5 Å². The molecule has 2 aliphatic rings. The highest BCUT2D eigenvalue weighted by molar-refractivity contribution is 6.35. The Balaban J connectivity index is 0.000000133. The van der Waals surface area contributed by atoms with Gasteiger partial charge in [0.15, 0.2) is 0 Å². The number of ketones is 1. The SMILES string of the molecule is O=C1Cc2ccccc2O1.O=C1Cc2ccccc2OC1=O. The minimum absolute atomic E-state index is 0.152. The number of rotatable bonds is 0. The molecule has 2 aromatic rings. The molecule has 0 N–H and O–H groups in total. The molecule has 0 aliphatic carbocycles. The Labute approximate surface area is 126 Å². The van der Waals surface area contributed by atoms with E-state index in [4.69, 9.17) is 9.47 Å². The van der Waals surface area contributed by atoms with Crippen molar-refractivity contribution < 1.29 is 23.9 Å². The molecule has 22 heavy (non-hydrogen) atoms. The Bertz CT molecular complexity index is 701. The lowest BCUT2D eigenvalue weighted by atomic mass is 10.1. The Morgan fingerprint density at radius 3 is 1.86 bits per heavy atom. The maximum atomic E-state index is 10.9. The number of para-hydroxylation sites is 2. The first-order chi connectivity index (χ1) is 10.6. The van der Waals surface area contributed by atoms with Crippen LogP contribution in [0.15, 0.2) is 48.5 Å². The van der Waals surface area contributed by atoms with Gasteiger partial charge in [-0.15, -0.1) is 0 Å². The van der Waals surface area contributed by atoms with Crippen LogP contribution in [0.3, 0.4) is 0 Å². The van der Waals surface area contributed by atoms with Crippen molar-refractivity contribution in [3.05, 3.63) is 59.7 Å². The molecule has 0 fully saturated rings. The van der Waals surface area contributed by atoms with Crippen LogP contribution < -0.4 is 9.47 Å². The largest absolute Gasteiger partial charge is 0.426 e. The van der Waals surface area contributed by atoms with Gasteiger partial charge in [-0.25, -0.2) is 4.79 Å². The third-order valence-electron chi connectivity index (χ3n) is 3.29. The van der Waals surface area contributed by atoms with Crippen LogP contribution in [-0.2, 0) is 27.2 Å². The van der Waals surface area contributed by atoms with Crippen molar-refractivity contribution in [3.8, 4) is 11.5 Å². The van der Waals surface area contributed by atoms with Crippen LogP contribution in [-0.4, -0.2) is 17.7 Å². The zero-order valence-electron chi connectivity index (χ0n) is 11.6. The molecule has 5 nitrogen and oxygen atoms in total. The maximum absolute atomic E-state index is 10.9. The fraction of sp³-hybridized carbons (Fsp3) is 0.118. The second-order valence-electron chi connectivity index (χ2n) is 4.86. The zero-order valence-corrected chi connectivity index (χ0v) is 11.6. The van der Waals surface area contributed by atoms with Crippen molar-refractivity contribution >= 4 is 17.7 Å². The van der Waals surface area contributed by atoms with Crippen molar-refractivity contribution in [3.63, 3.8) is 0 Å². The first-order valence-electron chi connectivity index (χ1n) is 6.75. The molecule has 0 aromatic heterocycles. The molecule has 0 spiro atoms. The van der Waals surface area contributed by atoms with Gasteiger partial charge in [0.25, 0.3) is 0 Å². The number of Topliss-reactive ketones (excluding diaryl/α,β-unsaturated/α-hetero) is 1. The lowest BCUT2D eigenvalue weighted by Gasteiger charge is -2.12. The molecule has 0 radical (unpaired) electrons. The number of esters is 2.